The van der Waals surface area contributed by atoms with Gasteiger partial charge in [-0.15, -0.1) is 0 Å². The van der Waals surface area contributed by atoms with E-state index in [9.17, 15) is 10.1 Å². The third-order valence-electron chi connectivity index (χ3n) is 4.44. The Balaban J connectivity index is 2.05. The van der Waals surface area contributed by atoms with Crippen LogP contribution in [0.1, 0.15) is 13.8 Å². The average Bonchev–Trinajstić information content (AvgIpc) is 2.66. The topological polar surface area (TPSA) is 138 Å². The van der Waals surface area contributed by atoms with Gasteiger partial charge in [0.1, 0.15) is 11.5 Å². The molecule has 0 aliphatic carbocycles. The lowest BCUT2D eigenvalue weighted by Crippen LogP contribution is -2.46. The number of hydrogen-bond donors (Lipinski definition) is 2. The Hall–Kier alpha value is -3.34. The number of anilines is 4. The summed E-state index contributed by atoms with van der Waals surface area (Å²) in [7, 11) is 3.02. The van der Waals surface area contributed by atoms with Gasteiger partial charge < -0.3 is 30.2 Å². The molecule has 156 valence electrons. The number of nitrogens with one attached hydrogen (secondary N) is 1. The Kier molecular flexibility index (Phi) is 5.87. The number of aromatic nitrogens is 2. The van der Waals surface area contributed by atoms with Crippen LogP contribution in [0.2, 0.25) is 0 Å². The summed E-state index contributed by atoms with van der Waals surface area (Å²) in [4.78, 5) is 21.5. The second-order valence-electron chi connectivity index (χ2n) is 6.72. The van der Waals surface area contributed by atoms with Crippen LogP contribution in [-0.4, -0.2) is 54.4 Å². The van der Waals surface area contributed by atoms with Crippen molar-refractivity contribution in [2.24, 2.45) is 0 Å². The third-order valence-corrected chi connectivity index (χ3v) is 4.44. The molecule has 11 nitrogen and oxygen atoms in total. The molecule has 2 atom stereocenters. The van der Waals surface area contributed by atoms with Crippen LogP contribution in [-0.2, 0) is 4.74 Å². The molecule has 0 radical (unpaired) electrons. The normalized spacial score (nSPS) is 19.0. The van der Waals surface area contributed by atoms with Crippen molar-refractivity contribution in [3.63, 3.8) is 0 Å². The minimum Gasteiger partial charge on any atom is -0.497 e. The molecule has 1 saturated heterocycles. The van der Waals surface area contributed by atoms with Gasteiger partial charge in [-0.25, -0.2) is 0 Å². The van der Waals surface area contributed by atoms with E-state index in [1.165, 1.54) is 14.2 Å². The lowest BCUT2D eigenvalue weighted by molar-refractivity contribution is -0.383. The summed E-state index contributed by atoms with van der Waals surface area (Å²) < 4.78 is 16.3. The summed E-state index contributed by atoms with van der Waals surface area (Å²) in [6, 6.07) is 5.05. The van der Waals surface area contributed by atoms with E-state index in [2.05, 4.69) is 15.3 Å². The van der Waals surface area contributed by atoms with E-state index in [0.29, 0.717) is 36.2 Å². The number of rotatable bonds is 6. The zero-order valence-electron chi connectivity index (χ0n) is 16.7. The maximum atomic E-state index is 11.6. The molecule has 1 fully saturated rings. The van der Waals surface area contributed by atoms with Crippen molar-refractivity contribution < 1.29 is 19.1 Å². The fourth-order valence-corrected chi connectivity index (χ4v) is 3.25. The maximum absolute atomic E-state index is 11.6. The fraction of sp³-hybridized carbons (Fsp3) is 0.444. The summed E-state index contributed by atoms with van der Waals surface area (Å²) in [5.74, 6) is 1.05. The largest absolute Gasteiger partial charge is 0.497 e. The zero-order chi connectivity index (χ0) is 21.1. The van der Waals surface area contributed by atoms with Crippen LogP contribution in [0.3, 0.4) is 0 Å². The lowest BCUT2D eigenvalue weighted by atomic mass is 10.2. The van der Waals surface area contributed by atoms with Crippen LogP contribution in [0.5, 0.6) is 11.5 Å². The monoisotopic (exact) mass is 404 g/mol. The molecule has 1 aromatic heterocycles. The van der Waals surface area contributed by atoms with E-state index < -0.39 is 10.6 Å². The predicted molar refractivity (Wildman–Crippen MR) is 108 cm³/mol. The first-order valence-electron chi connectivity index (χ1n) is 9.03. The number of nitrogens with zero attached hydrogens (tertiary/aromatic N) is 4. The first-order chi connectivity index (χ1) is 13.8. The summed E-state index contributed by atoms with van der Waals surface area (Å²) in [6.45, 7) is 4.97. The van der Waals surface area contributed by atoms with Gasteiger partial charge in [-0.2, -0.15) is 9.97 Å². The van der Waals surface area contributed by atoms with Crippen molar-refractivity contribution in [3.8, 4) is 11.5 Å². The standard InChI is InChI=1S/C18H24N6O5/c1-10-8-23(9-11(2)29-10)18-21-16(19)15(24(25)26)17(22-18)20-13-7-12(27-3)5-6-14(13)28-4/h5-7,10-11H,8-9H2,1-4H3,(H3,19,20,21,22)/t10-,11+. The SMILES string of the molecule is COc1ccc(OC)c(Nc2nc(N3C[C@@H](C)O[C@@H](C)C3)nc(N)c2[N+](=O)[O-])c1. The third kappa shape index (κ3) is 4.40. The van der Waals surface area contributed by atoms with E-state index in [1.807, 2.05) is 18.7 Å². The van der Waals surface area contributed by atoms with Crippen LogP contribution >= 0.6 is 0 Å². The fourth-order valence-electron chi connectivity index (χ4n) is 3.25. The van der Waals surface area contributed by atoms with Gasteiger partial charge in [-0.3, -0.25) is 10.1 Å². The van der Waals surface area contributed by atoms with Crippen LogP contribution < -0.4 is 25.4 Å². The van der Waals surface area contributed by atoms with E-state index in [-0.39, 0.29) is 23.8 Å². The highest BCUT2D eigenvalue weighted by atomic mass is 16.6. The molecule has 2 heterocycles. The van der Waals surface area contributed by atoms with Crippen LogP contribution in [0.4, 0.5) is 29.0 Å². The van der Waals surface area contributed by atoms with Crippen molar-refractivity contribution in [3.05, 3.63) is 28.3 Å². The molecule has 1 aliphatic heterocycles. The smallest absolute Gasteiger partial charge is 0.353 e. The summed E-state index contributed by atoms with van der Waals surface area (Å²) in [6.07, 6.45) is -0.0673. The molecule has 0 spiro atoms. The highest BCUT2D eigenvalue weighted by Gasteiger charge is 2.29. The van der Waals surface area contributed by atoms with E-state index >= 15 is 0 Å². The summed E-state index contributed by atoms with van der Waals surface area (Å²) in [5.41, 5.74) is 5.97. The average molecular weight is 404 g/mol. The van der Waals surface area contributed by atoms with Gasteiger partial charge in [-0.05, 0) is 26.0 Å². The van der Waals surface area contributed by atoms with Gasteiger partial charge >= 0.3 is 5.69 Å². The van der Waals surface area contributed by atoms with Crippen molar-refractivity contribution >= 4 is 29.0 Å². The number of methoxy groups -OCH3 is 2. The summed E-state index contributed by atoms with van der Waals surface area (Å²) in [5, 5.41) is 14.6. The Morgan fingerprint density at radius 2 is 1.93 bits per heavy atom. The number of benzene rings is 1. The molecule has 0 unspecified atom stereocenters. The molecule has 29 heavy (non-hydrogen) atoms. The first-order valence-corrected chi connectivity index (χ1v) is 9.03. The molecule has 3 N–H and O–H groups in total. The number of ether oxygens (including phenoxy) is 3. The van der Waals surface area contributed by atoms with Gasteiger partial charge in [-0.1, -0.05) is 0 Å². The molecule has 1 aliphatic rings. The molecule has 3 rings (SSSR count). The Bertz CT molecular complexity index is 899. The van der Waals surface area contributed by atoms with Gasteiger partial charge in [0.15, 0.2) is 0 Å². The van der Waals surface area contributed by atoms with Crippen molar-refractivity contribution in [2.75, 3.05) is 43.3 Å². The highest BCUT2D eigenvalue weighted by Crippen LogP contribution is 2.37. The Morgan fingerprint density at radius 3 is 2.52 bits per heavy atom. The Morgan fingerprint density at radius 1 is 1.24 bits per heavy atom. The minimum absolute atomic E-state index is 0.0316. The van der Waals surface area contributed by atoms with Crippen LogP contribution in [0, 0.1) is 10.1 Å². The molecule has 0 amide bonds. The van der Waals surface area contributed by atoms with E-state index in [4.69, 9.17) is 19.9 Å². The maximum Gasteiger partial charge on any atom is 0.353 e. The second-order valence-corrected chi connectivity index (χ2v) is 6.72. The molecular formula is C18H24N6O5. The van der Waals surface area contributed by atoms with Gasteiger partial charge in [0, 0.05) is 19.2 Å². The lowest BCUT2D eigenvalue weighted by Gasteiger charge is -2.35. The highest BCUT2D eigenvalue weighted by molar-refractivity contribution is 5.77. The van der Waals surface area contributed by atoms with E-state index in [1.54, 1.807) is 18.2 Å². The minimum atomic E-state index is -0.612. The van der Waals surface area contributed by atoms with E-state index in [0.717, 1.165) is 0 Å². The molecule has 0 saturated carbocycles. The zero-order valence-corrected chi connectivity index (χ0v) is 16.7. The van der Waals surface area contributed by atoms with Crippen molar-refractivity contribution in [1.29, 1.82) is 0 Å². The molecule has 11 heteroatoms. The number of nitro groups is 1. The second kappa shape index (κ2) is 8.35. The van der Waals surface area contributed by atoms with Gasteiger partial charge in [0.25, 0.3) is 0 Å². The molecular weight excluding hydrogens is 380 g/mol. The number of nitrogens with two attached hydrogens (primary N) is 1. The van der Waals surface area contributed by atoms with Gasteiger partial charge in [0.05, 0.1) is 37.0 Å². The molecule has 0 bridgehead atoms. The quantitative estimate of drug-likeness (QED) is 0.545. The van der Waals surface area contributed by atoms with Crippen molar-refractivity contribution in [2.45, 2.75) is 26.1 Å². The summed E-state index contributed by atoms with van der Waals surface area (Å²) >= 11 is 0. The molecule has 2 aromatic rings. The van der Waals surface area contributed by atoms with Crippen LogP contribution in [0.25, 0.3) is 0 Å². The first kappa shape index (κ1) is 20.4. The number of hydrogen-bond acceptors (Lipinski definition) is 10. The van der Waals surface area contributed by atoms with Crippen LogP contribution in [0.15, 0.2) is 18.2 Å². The molecule has 1 aromatic carbocycles. The Labute approximate surface area is 167 Å². The number of morpholine rings is 1. The predicted octanol–water partition coefficient (Wildman–Crippen LogP) is 2.34. The van der Waals surface area contributed by atoms with Crippen molar-refractivity contribution in [1.82, 2.24) is 9.97 Å². The number of nitrogen functional groups attached to an aromatic ring is 1. The van der Waals surface area contributed by atoms with Gasteiger partial charge in [0.2, 0.25) is 17.6 Å².